The van der Waals surface area contributed by atoms with Crippen molar-refractivity contribution in [3.05, 3.63) is 131 Å². The predicted molar refractivity (Wildman–Crippen MR) is 161 cm³/mol. The van der Waals surface area contributed by atoms with Crippen LogP contribution >= 0.6 is 11.8 Å². The van der Waals surface area contributed by atoms with Gasteiger partial charge in [-0.25, -0.2) is 0 Å². The third kappa shape index (κ3) is 6.68. The van der Waals surface area contributed by atoms with Crippen LogP contribution in [0.4, 0.5) is 11.4 Å². The van der Waals surface area contributed by atoms with E-state index in [1.165, 1.54) is 17.3 Å². The third-order valence-electron chi connectivity index (χ3n) is 6.54. The number of benzene rings is 4. The number of para-hydroxylation sites is 1. The Morgan fingerprint density at radius 1 is 0.875 bits per heavy atom. The molecule has 1 aliphatic heterocycles. The molecule has 6 nitrogen and oxygen atoms in total. The van der Waals surface area contributed by atoms with Crippen molar-refractivity contribution in [1.82, 2.24) is 5.32 Å². The van der Waals surface area contributed by atoms with Gasteiger partial charge in [-0.3, -0.25) is 14.4 Å². The lowest BCUT2D eigenvalue weighted by molar-refractivity contribution is -0.116. The molecule has 200 valence electrons. The fourth-order valence-corrected chi connectivity index (χ4v) is 5.30. The smallest absolute Gasteiger partial charge is 0.272 e. The van der Waals surface area contributed by atoms with Crippen molar-refractivity contribution < 1.29 is 14.4 Å². The van der Waals surface area contributed by atoms with E-state index in [-0.39, 0.29) is 17.5 Å². The number of carbonyl (C=O) groups is 3. The topological polar surface area (TPSA) is 78.5 Å². The van der Waals surface area contributed by atoms with Gasteiger partial charge >= 0.3 is 0 Å². The van der Waals surface area contributed by atoms with Crippen molar-refractivity contribution in [2.75, 3.05) is 22.5 Å². The van der Waals surface area contributed by atoms with E-state index in [0.717, 1.165) is 28.1 Å². The Morgan fingerprint density at radius 2 is 1.62 bits per heavy atom. The molecule has 0 bridgehead atoms. The SMILES string of the molecule is Cc1cccc(/C=C(\NC(=O)c2ccccc2)C(=O)Nc2ccc(SCC(=O)N3CCc4ccccc43)cc2)c1. The lowest BCUT2D eigenvalue weighted by Gasteiger charge is -2.17. The zero-order valence-corrected chi connectivity index (χ0v) is 22.9. The van der Waals surface area contributed by atoms with E-state index in [1.807, 2.05) is 72.5 Å². The second kappa shape index (κ2) is 12.5. The number of amides is 3. The largest absolute Gasteiger partial charge is 0.321 e. The highest BCUT2D eigenvalue weighted by Gasteiger charge is 2.24. The van der Waals surface area contributed by atoms with Crippen molar-refractivity contribution in [2.45, 2.75) is 18.2 Å². The summed E-state index contributed by atoms with van der Waals surface area (Å²) in [6.45, 7) is 2.68. The van der Waals surface area contributed by atoms with E-state index in [1.54, 1.807) is 42.5 Å². The van der Waals surface area contributed by atoms with E-state index < -0.39 is 5.91 Å². The van der Waals surface area contributed by atoms with Crippen LogP contribution in [-0.4, -0.2) is 30.0 Å². The average Bonchev–Trinajstić information content (AvgIpc) is 3.41. The van der Waals surface area contributed by atoms with Crippen molar-refractivity contribution >= 4 is 46.9 Å². The Hall–Kier alpha value is -4.62. The summed E-state index contributed by atoms with van der Waals surface area (Å²) >= 11 is 1.46. The number of hydrogen-bond donors (Lipinski definition) is 2. The van der Waals surface area contributed by atoms with Gasteiger partial charge in [0, 0.05) is 28.4 Å². The summed E-state index contributed by atoms with van der Waals surface area (Å²) in [6.07, 6.45) is 2.54. The van der Waals surface area contributed by atoms with Crippen LogP contribution in [0.15, 0.2) is 114 Å². The van der Waals surface area contributed by atoms with Crippen LogP contribution < -0.4 is 15.5 Å². The molecule has 0 atom stereocenters. The summed E-state index contributed by atoms with van der Waals surface area (Å²) in [5.74, 6) is -0.400. The van der Waals surface area contributed by atoms with Crippen LogP contribution in [0, 0.1) is 6.92 Å². The van der Waals surface area contributed by atoms with Gasteiger partial charge in [0.2, 0.25) is 5.91 Å². The van der Waals surface area contributed by atoms with Crippen molar-refractivity contribution in [3.8, 4) is 0 Å². The summed E-state index contributed by atoms with van der Waals surface area (Å²) in [7, 11) is 0. The third-order valence-corrected chi connectivity index (χ3v) is 7.54. The van der Waals surface area contributed by atoms with Crippen molar-refractivity contribution in [2.24, 2.45) is 0 Å². The molecule has 0 saturated heterocycles. The molecule has 3 amide bonds. The molecule has 5 rings (SSSR count). The predicted octanol–water partition coefficient (Wildman–Crippen LogP) is 6.09. The van der Waals surface area contributed by atoms with Crippen LogP contribution in [0.5, 0.6) is 0 Å². The normalized spacial score (nSPS) is 12.5. The molecule has 0 aliphatic carbocycles. The number of nitrogens with zero attached hydrogens (tertiary/aromatic N) is 1. The first-order valence-electron chi connectivity index (χ1n) is 13.0. The minimum Gasteiger partial charge on any atom is -0.321 e. The van der Waals surface area contributed by atoms with E-state index in [2.05, 4.69) is 16.7 Å². The highest BCUT2D eigenvalue weighted by molar-refractivity contribution is 8.00. The molecular weight excluding hydrogens is 518 g/mol. The number of carbonyl (C=O) groups excluding carboxylic acids is 3. The van der Waals surface area contributed by atoms with Gasteiger partial charge in [0.15, 0.2) is 0 Å². The molecule has 0 aromatic heterocycles. The molecule has 4 aromatic carbocycles. The quantitative estimate of drug-likeness (QED) is 0.207. The number of hydrogen-bond acceptors (Lipinski definition) is 4. The first-order valence-corrected chi connectivity index (χ1v) is 14.0. The fourth-order valence-electron chi connectivity index (χ4n) is 4.52. The van der Waals surface area contributed by atoms with Crippen LogP contribution in [-0.2, 0) is 16.0 Å². The summed E-state index contributed by atoms with van der Waals surface area (Å²) in [5, 5.41) is 5.64. The number of anilines is 2. The molecule has 40 heavy (non-hydrogen) atoms. The molecule has 2 N–H and O–H groups in total. The van der Waals surface area contributed by atoms with E-state index in [9.17, 15) is 14.4 Å². The van der Waals surface area contributed by atoms with Gasteiger partial charge < -0.3 is 15.5 Å². The molecular formula is C33H29N3O3S. The number of nitrogens with one attached hydrogen (secondary N) is 2. The minimum absolute atomic E-state index is 0.0763. The maximum Gasteiger partial charge on any atom is 0.272 e. The standard InChI is InChI=1S/C33H29N3O3S/c1-23-8-7-9-24(20-23)21-29(35-32(38)26-11-3-2-4-12-26)33(39)34-27-14-16-28(17-15-27)40-22-31(37)36-19-18-25-10-5-6-13-30(25)36/h2-17,20-21H,18-19,22H2,1H3,(H,34,39)(H,35,38)/b29-21-. The van der Waals surface area contributed by atoms with E-state index in [0.29, 0.717) is 23.5 Å². The Kier molecular flexibility index (Phi) is 8.42. The zero-order valence-electron chi connectivity index (χ0n) is 22.1. The summed E-state index contributed by atoms with van der Waals surface area (Å²) in [4.78, 5) is 41.7. The van der Waals surface area contributed by atoms with Crippen molar-refractivity contribution in [3.63, 3.8) is 0 Å². The van der Waals surface area contributed by atoms with Gasteiger partial charge in [-0.05, 0) is 73.0 Å². The van der Waals surface area contributed by atoms with Gasteiger partial charge in [-0.2, -0.15) is 0 Å². The Balaban J connectivity index is 1.24. The number of fused-ring (bicyclic) bond motifs is 1. The summed E-state index contributed by atoms with van der Waals surface area (Å²) in [5.41, 5.74) is 5.22. The Morgan fingerprint density at radius 3 is 2.40 bits per heavy atom. The minimum atomic E-state index is -0.436. The van der Waals surface area contributed by atoms with Crippen LogP contribution in [0.2, 0.25) is 0 Å². The van der Waals surface area contributed by atoms with Crippen LogP contribution in [0.3, 0.4) is 0 Å². The lowest BCUT2D eigenvalue weighted by Crippen LogP contribution is -2.30. The molecule has 0 spiro atoms. The monoisotopic (exact) mass is 547 g/mol. The molecule has 0 radical (unpaired) electrons. The van der Waals surface area contributed by atoms with E-state index >= 15 is 0 Å². The Bertz CT molecular complexity index is 1570. The van der Waals surface area contributed by atoms with Crippen LogP contribution in [0.25, 0.3) is 6.08 Å². The van der Waals surface area contributed by atoms with Gasteiger partial charge in [-0.1, -0.05) is 66.2 Å². The second-order valence-electron chi connectivity index (χ2n) is 9.48. The summed E-state index contributed by atoms with van der Waals surface area (Å²) < 4.78 is 0. The lowest BCUT2D eigenvalue weighted by atomic mass is 10.1. The highest BCUT2D eigenvalue weighted by Crippen LogP contribution is 2.29. The van der Waals surface area contributed by atoms with Gasteiger partial charge in [0.1, 0.15) is 5.70 Å². The van der Waals surface area contributed by atoms with Gasteiger partial charge in [0.25, 0.3) is 11.8 Å². The molecule has 0 unspecified atom stereocenters. The molecule has 1 aliphatic rings. The van der Waals surface area contributed by atoms with Crippen LogP contribution in [0.1, 0.15) is 27.0 Å². The fraction of sp³-hybridized carbons (Fsp3) is 0.121. The van der Waals surface area contributed by atoms with Gasteiger partial charge in [-0.15, -0.1) is 11.8 Å². The first kappa shape index (κ1) is 27.0. The molecule has 7 heteroatoms. The maximum absolute atomic E-state index is 13.3. The summed E-state index contributed by atoms with van der Waals surface area (Å²) in [6, 6.07) is 31.8. The molecule has 0 saturated carbocycles. The first-order chi connectivity index (χ1) is 19.5. The number of thioether (sulfide) groups is 1. The molecule has 1 heterocycles. The average molecular weight is 548 g/mol. The maximum atomic E-state index is 13.3. The highest BCUT2D eigenvalue weighted by atomic mass is 32.2. The van der Waals surface area contributed by atoms with E-state index in [4.69, 9.17) is 0 Å². The Labute approximate surface area is 238 Å². The molecule has 4 aromatic rings. The number of aryl methyl sites for hydroxylation is 1. The van der Waals surface area contributed by atoms with Crippen molar-refractivity contribution in [1.29, 1.82) is 0 Å². The second-order valence-corrected chi connectivity index (χ2v) is 10.5. The number of rotatable bonds is 8. The molecule has 0 fully saturated rings. The zero-order chi connectivity index (χ0) is 27.9. The van der Waals surface area contributed by atoms with Gasteiger partial charge in [0.05, 0.1) is 5.75 Å².